The number of amides is 2. The molecule has 8 heteroatoms. The number of allylic oxidation sites excluding steroid dienone is 1. The second-order valence-electron chi connectivity index (χ2n) is 10.2. The van der Waals surface area contributed by atoms with Crippen LogP contribution in [-0.4, -0.2) is 47.6 Å². The molecule has 0 fully saturated rings. The van der Waals surface area contributed by atoms with Crippen LogP contribution in [0.4, 0.5) is 10.5 Å². The lowest BCUT2D eigenvalue weighted by Crippen LogP contribution is -2.35. The Balaban J connectivity index is 2.43. The van der Waals surface area contributed by atoms with Crippen LogP contribution in [0.25, 0.3) is 0 Å². The van der Waals surface area contributed by atoms with Gasteiger partial charge in [0.15, 0.2) is 0 Å². The Bertz CT molecular complexity index is 973. The molecule has 2 amide bonds. The Hall–Kier alpha value is -2.84. The van der Waals surface area contributed by atoms with E-state index in [-0.39, 0.29) is 29.4 Å². The zero-order valence-electron chi connectivity index (χ0n) is 22.3. The van der Waals surface area contributed by atoms with Gasteiger partial charge in [-0.05, 0) is 74.6 Å². The van der Waals surface area contributed by atoms with Crippen LogP contribution in [0.2, 0.25) is 0 Å². The first-order valence-electron chi connectivity index (χ1n) is 12.6. The Labute approximate surface area is 214 Å². The van der Waals surface area contributed by atoms with Crippen LogP contribution in [-0.2, 0) is 20.7 Å². The smallest absolute Gasteiger partial charge is 0.405 e. The average molecular weight is 503 g/mol. The van der Waals surface area contributed by atoms with E-state index in [0.717, 1.165) is 11.1 Å². The summed E-state index contributed by atoms with van der Waals surface area (Å²) in [6.45, 7) is 9.54. The lowest BCUT2D eigenvalue weighted by atomic mass is 9.87. The lowest BCUT2D eigenvalue weighted by Gasteiger charge is -2.29. The van der Waals surface area contributed by atoms with Gasteiger partial charge in [-0.2, -0.15) is 0 Å². The maximum atomic E-state index is 12.7. The molecule has 1 aliphatic heterocycles. The van der Waals surface area contributed by atoms with Gasteiger partial charge >= 0.3 is 6.09 Å². The quantitative estimate of drug-likeness (QED) is 0.434. The number of primary amides is 1. The molecule has 1 aromatic rings. The fraction of sp³-hybridized carbons (Fsp3) is 0.571. The topological polar surface area (TPSA) is 131 Å². The van der Waals surface area contributed by atoms with Gasteiger partial charge in [-0.15, -0.1) is 0 Å². The number of hydrogen-bond donors (Lipinski definition) is 4. The second-order valence-corrected chi connectivity index (χ2v) is 10.2. The van der Waals surface area contributed by atoms with Crippen LogP contribution >= 0.6 is 0 Å². The monoisotopic (exact) mass is 502 g/mol. The van der Waals surface area contributed by atoms with Gasteiger partial charge in [0.25, 0.3) is 5.91 Å². The average Bonchev–Trinajstić information content (AvgIpc) is 2.78. The van der Waals surface area contributed by atoms with E-state index in [1.807, 2.05) is 39.0 Å². The number of rotatable bonds is 2. The zero-order valence-corrected chi connectivity index (χ0v) is 22.3. The minimum absolute atomic E-state index is 0.0702. The van der Waals surface area contributed by atoms with Crippen molar-refractivity contribution < 1.29 is 29.3 Å². The minimum Gasteiger partial charge on any atom is -0.508 e. The zero-order chi connectivity index (χ0) is 27.0. The molecule has 0 saturated heterocycles. The van der Waals surface area contributed by atoms with Crippen molar-refractivity contribution >= 4 is 17.7 Å². The molecule has 0 radical (unpaired) electrons. The summed E-state index contributed by atoms with van der Waals surface area (Å²) in [5.41, 5.74) is 8.11. The highest BCUT2D eigenvalue weighted by molar-refractivity contribution is 6.03. The van der Waals surface area contributed by atoms with E-state index in [0.29, 0.717) is 36.9 Å². The number of carbonyl (C=O) groups is 2. The number of nitrogens with two attached hydrogens (primary N) is 1. The summed E-state index contributed by atoms with van der Waals surface area (Å²) < 4.78 is 11.1. The summed E-state index contributed by atoms with van der Waals surface area (Å²) in [6, 6.07) is 5.06. The predicted molar refractivity (Wildman–Crippen MR) is 141 cm³/mol. The van der Waals surface area contributed by atoms with Crippen molar-refractivity contribution in [3.63, 3.8) is 0 Å². The molecule has 2 bridgehead atoms. The van der Waals surface area contributed by atoms with Gasteiger partial charge in [0.2, 0.25) is 0 Å². The van der Waals surface area contributed by atoms with Crippen molar-refractivity contribution in [3.8, 4) is 5.75 Å². The summed E-state index contributed by atoms with van der Waals surface area (Å²) >= 11 is 0. The van der Waals surface area contributed by atoms with Crippen LogP contribution < -0.4 is 11.1 Å². The van der Waals surface area contributed by atoms with Crippen molar-refractivity contribution in [1.82, 2.24) is 0 Å². The molecule has 6 atom stereocenters. The highest BCUT2D eigenvalue weighted by atomic mass is 16.6. The van der Waals surface area contributed by atoms with Gasteiger partial charge < -0.3 is 30.7 Å². The molecule has 0 saturated carbocycles. The summed E-state index contributed by atoms with van der Waals surface area (Å²) in [7, 11) is 1.58. The van der Waals surface area contributed by atoms with E-state index in [1.165, 1.54) is 6.07 Å². The minimum atomic E-state index is -0.856. The number of carbonyl (C=O) groups excluding carboxylic acids is 2. The molecule has 36 heavy (non-hydrogen) atoms. The van der Waals surface area contributed by atoms with Crippen LogP contribution in [0.15, 0.2) is 41.5 Å². The molecule has 0 aromatic heterocycles. The SMILES string of the molecule is CO[C@H]1C[C@H](C)Cc2cc(O)cc(c2)NC(=O)C(C)=CCC[C@H](C)[C@@H](OC(N)=O)C(C)=C[C@H](C)[C@H]1O. The number of hydrogen-bond acceptors (Lipinski definition) is 6. The second kappa shape index (κ2) is 13.5. The van der Waals surface area contributed by atoms with E-state index in [2.05, 4.69) is 12.2 Å². The van der Waals surface area contributed by atoms with Crippen LogP contribution in [0, 0.1) is 17.8 Å². The fourth-order valence-electron chi connectivity index (χ4n) is 4.89. The largest absolute Gasteiger partial charge is 0.508 e. The number of aromatic hydroxyl groups is 1. The molecular formula is C28H42N2O6. The maximum Gasteiger partial charge on any atom is 0.405 e. The van der Waals surface area contributed by atoms with Crippen LogP contribution in [0.1, 0.15) is 59.4 Å². The standard InChI is InChI=1S/C28H42N2O6/c1-16-10-21-13-22(15-23(31)14-21)30-27(33)18(3)9-7-8-17(2)26(36-28(29)34)20(5)12-19(4)25(32)24(11-16)35-6/h9,12-17,19,24-26,31-32H,7-8,10-11H2,1-6H3,(H2,29,34)(H,30,33)/t16-,17+,19+,24+,25-,26-/m1/s1. The third-order valence-electron chi connectivity index (χ3n) is 6.84. The Morgan fingerprint density at radius 3 is 2.50 bits per heavy atom. The van der Waals surface area contributed by atoms with E-state index < -0.39 is 24.4 Å². The van der Waals surface area contributed by atoms with Crippen LogP contribution in [0.3, 0.4) is 0 Å². The van der Waals surface area contributed by atoms with Crippen LogP contribution in [0.5, 0.6) is 5.75 Å². The van der Waals surface area contributed by atoms with Gasteiger partial charge in [0.05, 0.1) is 12.2 Å². The summed E-state index contributed by atoms with van der Waals surface area (Å²) in [5.74, 6) is -0.371. The van der Waals surface area contributed by atoms with E-state index in [9.17, 15) is 19.8 Å². The van der Waals surface area contributed by atoms with Gasteiger partial charge in [0.1, 0.15) is 11.9 Å². The predicted octanol–water partition coefficient (Wildman–Crippen LogP) is 4.70. The Morgan fingerprint density at radius 1 is 1.17 bits per heavy atom. The molecule has 5 N–H and O–H groups in total. The first-order valence-corrected chi connectivity index (χ1v) is 12.6. The summed E-state index contributed by atoms with van der Waals surface area (Å²) in [6.07, 6.45) is 3.63. The molecule has 2 rings (SSSR count). The number of nitrogens with one attached hydrogen (secondary N) is 1. The van der Waals surface area contributed by atoms with Crippen molar-refractivity contribution in [2.45, 2.75) is 78.6 Å². The number of aliphatic hydroxyl groups is 1. The maximum absolute atomic E-state index is 12.7. The molecular weight excluding hydrogens is 460 g/mol. The molecule has 0 aliphatic carbocycles. The van der Waals surface area contributed by atoms with Crippen molar-refractivity contribution in [1.29, 1.82) is 0 Å². The first kappa shape index (κ1) is 29.4. The number of phenols is 1. The van der Waals surface area contributed by atoms with Gasteiger partial charge in [-0.25, -0.2) is 4.79 Å². The van der Waals surface area contributed by atoms with Crippen molar-refractivity contribution in [2.24, 2.45) is 23.5 Å². The van der Waals surface area contributed by atoms with E-state index in [4.69, 9.17) is 15.2 Å². The third kappa shape index (κ3) is 8.68. The number of anilines is 1. The highest BCUT2D eigenvalue weighted by Crippen LogP contribution is 2.28. The Kier molecular flexibility index (Phi) is 11.0. The fourth-order valence-corrected chi connectivity index (χ4v) is 4.89. The molecule has 0 unspecified atom stereocenters. The van der Waals surface area contributed by atoms with Gasteiger partial charge in [0, 0.05) is 30.4 Å². The van der Waals surface area contributed by atoms with E-state index >= 15 is 0 Å². The van der Waals surface area contributed by atoms with E-state index in [1.54, 1.807) is 20.1 Å². The highest BCUT2D eigenvalue weighted by Gasteiger charge is 2.28. The van der Waals surface area contributed by atoms with Gasteiger partial charge in [-0.3, -0.25) is 4.79 Å². The Morgan fingerprint density at radius 2 is 1.86 bits per heavy atom. The number of methoxy groups -OCH3 is 1. The number of benzene rings is 1. The first-order chi connectivity index (χ1) is 16.9. The number of aliphatic hydroxyl groups excluding tert-OH is 1. The molecule has 1 aromatic carbocycles. The molecule has 0 spiro atoms. The number of ether oxygens (including phenoxy) is 2. The van der Waals surface area contributed by atoms with Crippen molar-refractivity contribution in [2.75, 3.05) is 12.4 Å². The lowest BCUT2D eigenvalue weighted by molar-refractivity contribution is -0.112. The van der Waals surface area contributed by atoms with Crippen molar-refractivity contribution in [3.05, 3.63) is 47.1 Å². The summed E-state index contributed by atoms with van der Waals surface area (Å²) in [5, 5.41) is 24.2. The summed E-state index contributed by atoms with van der Waals surface area (Å²) in [4.78, 5) is 24.3. The molecule has 200 valence electrons. The normalized spacial score (nSPS) is 29.0. The number of phenolic OH excluding ortho intramolecular Hbond substituents is 1. The number of fused-ring (bicyclic) bond motifs is 2. The van der Waals surface area contributed by atoms with Gasteiger partial charge in [-0.1, -0.05) is 32.9 Å². The molecule has 1 heterocycles. The molecule has 8 nitrogen and oxygen atoms in total. The third-order valence-corrected chi connectivity index (χ3v) is 6.84. The molecule has 1 aliphatic rings.